The molecule has 1 atom stereocenters. The van der Waals surface area contributed by atoms with E-state index in [0.29, 0.717) is 12.2 Å². The molecule has 0 amide bonds. The summed E-state index contributed by atoms with van der Waals surface area (Å²) in [6.07, 6.45) is 1.41. The molecular formula is C20H32O3S. The minimum atomic E-state index is -0.865. The predicted octanol–water partition coefficient (Wildman–Crippen LogP) is 5.72. The van der Waals surface area contributed by atoms with E-state index in [1.54, 1.807) is 6.92 Å². The van der Waals surface area contributed by atoms with E-state index in [2.05, 4.69) is 41.5 Å². The molecule has 1 aromatic carbocycles. The smallest absolute Gasteiger partial charge is 0.319 e. The highest BCUT2D eigenvalue weighted by Crippen LogP contribution is 2.45. The van der Waals surface area contributed by atoms with Crippen LogP contribution in [0.5, 0.6) is 5.75 Å². The Labute approximate surface area is 150 Å². The quantitative estimate of drug-likeness (QED) is 0.665. The molecule has 0 aliphatic carbocycles. The molecule has 3 nitrogen and oxygen atoms in total. The van der Waals surface area contributed by atoms with Crippen molar-refractivity contribution in [3.8, 4) is 5.75 Å². The molecule has 0 radical (unpaired) electrons. The normalized spacial score (nSPS) is 15.2. The topological polar surface area (TPSA) is 57.5 Å². The van der Waals surface area contributed by atoms with Gasteiger partial charge in [0.05, 0.1) is 0 Å². The lowest BCUT2D eigenvalue weighted by Crippen LogP contribution is -2.31. The molecule has 0 saturated heterocycles. The molecule has 0 aliphatic heterocycles. The van der Waals surface area contributed by atoms with E-state index in [9.17, 15) is 15.0 Å². The summed E-state index contributed by atoms with van der Waals surface area (Å²) in [7, 11) is 0. The number of hydrogen-bond donors (Lipinski definition) is 2. The minimum absolute atomic E-state index is 0.217. The van der Waals surface area contributed by atoms with E-state index in [1.165, 1.54) is 11.8 Å². The van der Waals surface area contributed by atoms with E-state index in [-0.39, 0.29) is 10.8 Å². The van der Waals surface area contributed by atoms with Crippen molar-refractivity contribution in [1.82, 2.24) is 0 Å². The van der Waals surface area contributed by atoms with E-state index in [4.69, 9.17) is 0 Å². The van der Waals surface area contributed by atoms with Crippen molar-refractivity contribution in [2.45, 2.75) is 88.7 Å². The van der Waals surface area contributed by atoms with Crippen LogP contribution in [0.2, 0.25) is 0 Å². The third-order valence-electron chi connectivity index (χ3n) is 4.22. The van der Waals surface area contributed by atoms with Crippen LogP contribution in [0, 0.1) is 0 Å². The fraction of sp³-hybridized carbons (Fsp3) is 0.650. The molecule has 0 bridgehead atoms. The summed E-state index contributed by atoms with van der Waals surface area (Å²) in [5.74, 6) is -0.469. The van der Waals surface area contributed by atoms with E-state index >= 15 is 0 Å². The zero-order chi connectivity index (χ0) is 18.9. The van der Waals surface area contributed by atoms with Gasteiger partial charge >= 0.3 is 5.97 Å². The number of rotatable bonds is 5. The maximum Gasteiger partial charge on any atom is 0.319 e. The monoisotopic (exact) mass is 352 g/mol. The van der Waals surface area contributed by atoms with E-state index in [0.717, 1.165) is 22.4 Å². The summed E-state index contributed by atoms with van der Waals surface area (Å²) in [4.78, 5) is 12.7. The van der Waals surface area contributed by atoms with Crippen LogP contribution in [0.4, 0.5) is 0 Å². The highest BCUT2D eigenvalue weighted by molar-refractivity contribution is 8.01. The van der Waals surface area contributed by atoms with Crippen molar-refractivity contribution in [1.29, 1.82) is 0 Å². The molecule has 0 saturated carbocycles. The molecule has 0 heterocycles. The molecule has 1 aromatic rings. The van der Waals surface area contributed by atoms with Gasteiger partial charge < -0.3 is 10.2 Å². The number of phenolic OH excluding ortho intramolecular Hbond substituents is 1. The second kappa shape index (κ2) is 6.99. The van der Waals surface area contributed by atoms with Gasteiger partial charge in [-0.05, 0) is 36.3 Å². The van der Waals surface area contributed by atoms with Gasteiger partial charge in [-0.1, -0.05) is 54.9 Å². The first-order valence-electron chi connectivity index (χ1n) is 8.52. The lowest BCUT2D eigenvalue weighted by atomic mass is 9.79. The number of hydrogen-bond acceptors (Lipinski definition) is 3. The van der Waals surface area contributed by atoms with Crippen LogP contribution in [0.3, 0.4) is 0 Å². The third kappa shape index (κ3) is 4.69. The number of carboxylic acid groups (broad SMARTS) is 1. The molecule has 2 N–H and O–H groups in total. The van der Waals surface area contributed by atoms with Gasteiger partial charge in [0.15, 0.2) is 0 Å². The number of aliphatic carboxylic acids is 1. The van der Waals surface area contributed by atoms with Gasteiger partial charge in [-0.3, -0.25) is 4.79 Å². The standard InChI is InChI=1S/C20H32O3S/c1-9-10-20(8,17(22)23)24-13-11-14(18(2,3)4)16(21)15(12-13)19(5,6)7/h11-12,21H,9-10H2,1-8H3,(H,22,23). The minimum Gasteiger partial charge on any atom is -0.507 e. The predicted molar refractivity (Wildman–Crippen MR) is 102 cm³/mol. The van der Waals surface area contributed by atoms with Crippen molar-refractivity contribution in [2.75, 3.05) is 0 Å². The zero-order valence-electron chi connectivity index (χ0n) is 16.3. The van der Waals surface area contributed by atoms with Crippen molar-refractivity contribution in [2.24, 2.45) is 0 Å². The number of aromatic hydroxyl groups is 1. The molecule has 136 valence electrons. The fourth-order valence-electron chi connectivity index (χ4n) is 2.75. The molecule has 1 unspecified atom stereocenters. The Kier molecular flexibility index (Phi) is 6.08. The van der Waals surface area contributed by atoms with E-state index in [1.807, 2.05) is 19.1 Å². The first-order chi connectivity index (χ1) is 10.7. The van der Waals surface area contributed by atoms with Crippen molar-refractivity contribution in [3.05, 3.63) is 23.3 Å². The highest BCUT2D eigenvalue weighted by atomic mass is 32.2. The second-order valence-corrected chi connectivity index (χ2v) is 10.3. The number of carboxylic acids is 1. The van der Waals surface area contributed by atoms with Crippen LogP contribution >= 0.6 is 11.8 Å². The summed E-state index contributed by atoms with van der Waals surface area (Å²) in [5, 5.41) is 20.4. The fourth-order valence-corrected chi connectivity index (χ4v) is 4.02. The average molecular weight is 353 g/mol. The largest absolute Gasteiger partial charge is 0.507 e. The molecular weight excluding hydrogens is 320 g/mol. The zero-order valence-corrected chi connectivity index (χ0v) is 17.1. The number of phenols is 1. The van der Waals surface area contributed by atoms with Gasteiger partial charge in [-0.2, -0.15) is 0 Å². The Balaban J connectivity index is 3.52. The highest BCUT2D eigenvalue weighted by Gasteiger charge is 2.35. The average Bonchev–Trinajstić information content (AvgIpc) is 2.38. The van der Waals surface area contributed by atoms with Crippen LogP contribution in [-0.4, -0.2) is 20.9 Å². The Morgan fingerprint density at radius 1 is 1.00 bits per heavy atom. The lowest BCUT2D eigenvalue weighted by Gasteiger charge is -2.30. The Morgan fingerprint density at radius 2 is 1.42 bits per heavy atom. The molecule has 4 heteroatoms. The first kappa shape index (κ1) is 20.9. The van der Waals surface area contributed by atoms with Crippen molar-refractivity contribution < 1.29 is 15.0 Å². The second-order valence-electron chi connectivity index (χ2n) is 8.76. The van der Waals surface area contributed by atoms with Crippen LogP contribution < -0.4 is 0 Å². The maximum atomic E-state index is 11.8. The summed E-state index contributed by atoms with van der Waals surface area (Å²) >= 11 is 1.38. The Hall–Kier alpha value is -1.16. The Morgan fingerprint density at radius 3 is 1.71 bits per heavy atom. The summed E-state index contributed by atoms with van der Waals surface area (Å²) in [6, 6.07) is 3.90. The van der Waals surface area contributed by atoms with Gasteiger partial charge in [0.2, 0.25) is 0 Å². The molecule has 0 aromatic heterocycles. The van der Waals surface area contributed by atoms with Gasteiger partial charge in [0.25, 0.3) is 0 Å². The summed E-state index contributed by atoms with van der Waals surface area (Å²) in [5.41, 5.74) is 1.29. The van der Waals surface area contributed by atoms with Gasteiger partial charge in [-0.15, -0.1) is 11.8 Å². The van der Waals surface area contributed by atoms with Gasteiger partial charge in [0.1, 0.15) is 10.5 Å². The SMILES string of the molecule is CCCC(C)(Sc1cc(C(C)(C)C)c(O)c(C(C)(C)C)c1)C(=O)O. The van der Waals surface area contributed by atoms with Crippen molar-refractivity contribution in [3.63, 3.8) is 0 Å². The summed E-state index contributed by atoms with van der Waals surface area (Å²) < 4.78 is -0.865. The number of benzene rings is 1. The third-order valence-corrected chi connectivity index (χ3v) is 5.52. The van der Waals surface area contributed by atoms with Gasteiger partial charge in [-0.25, -0.2) is 0 Å². The Bertz CT molecular complexity index is 573. The molecule has 0 aliphatic rings. The van der Waals surface area contributed by atoms with Crippen LogP contribution in [0.1, 0.15) is 79.4 Å². The lowest BCUT2D eigenvalue weighted by molar-refractivity contribution is -0.139. The summed E-state index contributed by atoms with van der Waals surface area (Å²) in [6.45, 7) is 16.1. The number of carbonyl (C=O) groups is 1. The van der Waals surface area contributed by atoms with Crippen LogP contribution in [0.25, 0.3) is 0 Å². The van der Waals surface area contributed by atoms with Crippen LogP contribution in [-0.2, 0) is 15.6 Å². The molecule has 1 rings (SSSR count). The maximum absolute atomic E-state index is 11.8. The van der Waals surface area contributed by atoms with Gasteiger partial charge in [0, 0.05) is 16.0 Å². The van der Waals surface area contributed by atoms with Crippen LogP contribution in [0.15, 0.2) is 17.0 Å². The first-order valence-corrected chi connectivity index (χ1v) is 9.34. The van der Waals surface area contributed by atoms with E-state index < -0.39 is 10.7 Å². The molecule has 0 fully saturated rings. The molecule has 24 heavy (non-hydrogen) atoms. The number of thioether (sulfide) groups is 1. The van der Waals surface area contributed by atoms with Crippen molar-refractivity contribution >= 4 is 17.7 Å². The molecule has 0 spiro atoms.